The van der Waals surface area contributed by atoms with E-state index in [0.717, 1.165) is 6.42 Å². The van der Waals surface area contributed by atoms with E-state index < -0.39 is 0 Å². The van der Waals surface area contributed by atoms with Crippen LogP contribution in [0.5, 0.6) is 0 Å². The Kier molecular flexibility index (Phi) is 7.29. The molecule has 0 saturated carbocycles. The molecule has 0 aliphatic rings. The number of hydrogen-bond acceptors (Lipinski definition) is 1. The molecule has 0 heterocycles. The van der Waals surface area contributed by atoms with E-state index in [1.54, 1.807) is 0 Å². The molecule has 18 heavy (non-hydrogen) atoms. The van der Waals surface area contributed by atoms with E-state index in [0.29, 0.717) is 6.04 Å². The molecule has 0 aliphatic carbocycles. The molecule has 1 aromatic carbocycles. The molecule has 0 spiro atoms. The van der Waals surface area contributed by atoms with Gasteiger partial charge in [0, 0.05) is 10.5 Å². The maximum atomic E-state index is 3.76. The molecule has 1 nitrogen and oxygen atoms in total. The zero-order valence-electron chi connectivity index (χ0n) is 11.5. The van der Waals surface area contributed by atoms with Crippen LogP contribution in [0, 0.1) is 6.92 Å². The second-order valence-electron chi connectivity index (χ2n) is 4.72. The second kappa shape index (κ2) is 8.49. The fourth-order valence-corrected chi connectivity index (χ4v) is 2.65. The Labute approximate surface area is 120 Å². The zero-order valence-corrected chi connectivity index (χ0v) is 13.1. The summed E-state index contributed by atoms with van der Waals surface area (Å²) in [4.78, 5) is 0. The Balaban J connectivity index is 2.55. The first-order valence-electron chi connectivity index (χ1n) is 6.74. The van der Waals surface area contributed by atoms with Gasteiger partial charge >= 0.3 is 0 Å². The highest BCUT2D eigenvalue weighted by atomic mass is 79.9. The number of hydrogen-bond donors (Lipinski definition) is 1. The summed E-state index contributed by atoms with van der Waals surface area (Å²) >= 11 is 3.61. The molecule has 1 aromatic rings. The molecular weight excluding hydrogens is 286 g/mol. The molecule has 1 unspecified atom stereocenters. The Morgan fingerprint density at radius 2 is 2.11 bits per heavy atom. The summed E-state index contributed by atoms with van der Waals surface area (Å²) in [5.41, 5.74) is 2.76. The lowest BCUT2D eigenvalue weighted by Crippen LogP contribution is -2.17. The van der Waals surface area contributed by atoms with Crippen molar-refractivity contribution < 1.29 is 0 Å². The minimum atomic E-state index is 0.464. The van der Waals surface area contributed by atoms with Crippen molar-refractivity contribution in [3.05, 3.63) is 46.5 Å². The number of unbranched alkanes of at least 4 members (excludes halogenated alkanes) is 3. The molecule has 0 aromatic heterocycles. The molecule has 1 rings (SSSR count). The van der Waals surface area contributed by atoms with Crippen LogP contribution in [0.2, 0.25) is 0 Å². The Bertz CT molecular complexity index is 373. The Morgan fingerprint density at radius 3 is 2.78 bits per heavy atom. The van der Waals surface area contributed by atoms with Crippen LogP contribution >= 0.6 is 15.9 Å². The van der Waals surface area contributed by atoms with Crippen LogP contribution in [0.1, 0.15) is 49.3 Å². The fourth-order valence-electron chi connectivity index (χ4n) is 2.27. The molecule has 0 fully saturated rings. The summed E-state index contributed by atoms with van der Waals surface area (Å²) in [6.07, 6.45) is 8.17. The first-order chi connectivity index (χ1) is 8.70. The third kappa shape index (κ3) is 4.58. The third-order valence-corrected chi connectivity index (χ3v) is 4.29. The van der Waals surface area contributed by atoms with Crippen molar-refractivity contribution in [2.24, 2.45) is 0 Å². The molecule has 100 valence electrons. The van der Waals surface area contributed by atoms with E-state index in [4.69, 9.17) is 0 Å². The van der Waals surface area contributed by atoms with Gasteiger partial charge in [0.15, 0.2) is 0 Å². The predicted octanol–water partition coefficient (Wildman–Crippen LogP) is 5.15. The molecule has 0 bridgehead atoms. The van der Waals surface area contributed by atoms with E-state index in [9.17, 15) is 0 Å². The average molecular weight is 310 g/mol. The van der Waals surface area contributed by atoms with Gasteiger partial charge in [0.1, 0.15) is 0 Å². The van der Waals surface area contributed by atoms with Crippen LogP contribution in [-0.4, -0.2) is 7.05 Å². The minimum Gasteiger partial charge on any atom is -0.313 e. The van der Waals surface area contributed by atoms with Crippen molar-refractivity contribution in [2.45, 2.75) is 45.1 Å². The lowest BCUT2D eigenvalue weighted by molar-refractivity contribution is 0.506. The number of rotatable bonds is 8. The average Bonchev–Trinajstić information content (AvgIpc) is 2.38. The van der Waals surface area contributed by atoms with Crippen LogP contribution in [0.15, 0.2) is 35.3 Å². The summed E-state index contributed by atoms with van der Waals surface area (Å²) in [6.45, 7) is 5.94. The molecule has 0 radical (unpaired) electrons. The summed E-state index contributed by atoms with van der Waals surface area (Å²) in [5.74, 6) is 0. The largest absolute Gasteiger partial charge is 0.313 e. The van der Waals surface area contributed by atoms with Gasteiger partial charge in [-0.1, -0.05) is 47.0 Å². The summed E-state index contributed by atoms with van der Waals surface area (Å²) in [7, 11) is 2.05. The van der Waals surface area contributed by atoms with Crippen molar-refractivity contribution in [3.8, 4) is 0 Å². The summed E-state index contributed by atoms with van der Waals surface area (Å²) in [5, 5.41) is 3.44. The van der Waals surface area contributed by atoms with Crippen molar-refractivity contribution in [1.29, 1.82) is 0 Å². The first kappa shape index (κ1) is 15.5. The maximum Gasteiger partial charge on any atom is 0.0320 e. The molecule has 0 aliphatic heterocycles. The summed E-state index contributed by atoms with van der Waals surface area (Å²) in [6, 6.07) is 6.92. The van der Waals surface area contributed by atoms with Crippen molar-refractivity contribution in [2.75, 3.05) is 7.05 Å². The highest BCUT2D eigenvalue weighted by Crippen LogP contribution is 2.27. The molecule has 0 saturated heterocycles. The lowest BCUT2D eigenvalue weighted by Gasteiger charge is -2.19. The normalized spacial score (nSPS) is 12.4. The first-order valence-corrected chi connectivity index (χ1v) is 7.53. The quantitative estimate of drug-likeness (QED) is 0.517. The Hall–Kier alpha value is -0.600. The smallest absolute Gasteiger partial charge is 0.0320 e. The number of benzene rings is 1. The van der Waals surface area contributed by atoms with Gasteiger partial charge in [-0.05, 0) is 50.4 Å². The molecule has 1 N–H and O–H groups in total. The zero-order chi connectivity index (χ0) is 13.4. The van der Waals surface area contributed by atoms with E-state index >= 15 is 0 Å². The van der Waals surface area contributed by atoms with Gasteiger partial charge in [0.05, 0.1) is 0 Å². The maximum absolute atomic E-state index is 3.76. The van der Waals surface area contributed by atoms with Crippen LogP contribution < -0.4 is 5.32 Å². The van der Waals surface area contributed by atoms with Crippen molar-refractivity contribution >= 4 is 15.9 Å². The number of allylic oxidation sites excluding steroid dienone is 1. The van der Waals surface area contributed by atoms with Gasteiger partial charge in [-0.25, -0.2) is 0 Å². The van der Waals surface area contributed by atoms with E-state index in [-0.39, 0.29) is 0 Å². The lowest BCUT2D eigenvalue weighted by atomic mass is 9.96. The van der Waals surface area contributed by atoms with Crippen LogP contribution in [-0.2, 0) is 0 Å². The van der Waals surface area contributed by atoms with Gasteiger partial charge < -0.3 is 5.32 Å². The topological polar surface area (TPSA) is 12.0 Å². The molecule has 1 atom stereocenters. The van der Waals surface area contributed by atoms with Crippen LogP contribution in [0.4, 0.5) is 0 Å². The predicted molar refractivity (Wildman–Crippen MR) is 84.0 cm³/mol. The van der Waals surface area contributed by atoms with Crippen molar-refractivity contribution in [3.63, 3.8) is 0 Å². The highest BCUT2D eigenvalue weighted by Gasteiger charge is 2.12. The summed E-state index contributed by atoms with van der Waals surface area (Å²) < 4.78 is 1.20. The fraction of sp³-hybridized carbons (Fsp3) is 0.500. The Morgan fingerprint density at radius 1 is 1.33 bits per heavy atom. The van der Waals surface area contributed by atoms with Gasteiger partial charge in [-0.15, -0.1) is 6.58 Å². The van der Waals surface area contributed by atoms with E-state index in [2.05, 4.69) is 60.0 Å². The number of halogens is 1. The van der Waals surface area contributed by atoms with Gasteiger partial charge in [0.25, 0.3) is 0 Å². The second-order valence-corrected chi connectivity index (χ2v) is 5.58. The number of nitrogens with one attached hydrogen (secondary N) is 1. The monoisotopic (exact) mass is 309 g/mol. The van der Waals surface area contributed by atoms with E-state index in [1.807, 2.05) is 6.08 Å². The van der Waals surface area contributed by atoms with Gasteiger partial charge in [-0.3, -0.25) is 0 Å². The third-order valence-electron chi connectivity index (χ3n) is 3.43. The van der Waals surface area contributed by atoms with Crippen LogP contribution in [0.3, 0.4) is 0 Å². The molecule has 0 amide bonds. The van der Waals surface area contributed by atoms with Gasteiger partial charge in [-0.2, -0.15) is 0 Å². The highest BCUT2D eigenvalue weighted by molar-refractivity contribution is 9.10. The SMILES string of the molecule is C=CCCCCCC(NC)c1cccc(Br)c1C. The van der Waals surface area contributed by atoms with Crippen molar-refractivity contribution in [1.82, 2.24) is 5.32 Å². The standard InChI is InChI=1S/C16H24BrN/c1-4-5-6-7-8-12-16(18-3)14-10-9-11-15(17)13(14)2/h4,9-11,16,18H,1,5-8,12H2,2-3H3. The van der Waals surface area contributed by atoms with Crippen LogP contribution in [0.25, 0.3) is 0 Å². The van der Waals surface area contributed by atoms with E-state index in [1.165, 1.54) is 41.3 Å². The minimum absolute atomic E-state index is 0.464. The molecular formula is C16H24BrN. The van der Waals surface area contributed by atoms with Gasteiger partial charge in [0.2, 0.25) is 0 Å². The molecule has 2 heteroatoms.